The molecule has 1 saturated heterocycles. The van der Waals surface area contributed by atoms with E-state index in [2.05, 4.69) is 28.6 Å². The summed E-state index contributed by atoms with van der Waals surface area (Å²) in [5.41, 5.74) is 9.28. The molecule has 0 spiro atoms. The van der Waals surface area contributed by atoms with Crippen LogP contribution >= 0.6 is 0 Å². The zero-order valence-corrected chi connectivity index (χ0v) is 12.2. The maximum atomic E-state index is 5.98. The number of nitrogens with zero attached hydrogens (tertiary/aromatic N) is 3. The first-order valence-corrected chi connectivity index (χ1v) is 7.33. The van der Waals surface area contributed by atoms with E-state index in [9.17, 15) is 0 Å². The van der Waals surface area contributed by atoms with Gasteiger partial charge in [-0.25, -0.2) is 4.68 Å². The number of hydrogen-bond acceptors (Lipinski definition) is 3. The summed E-state index contributed by atoms with van der Waals surface area (Å²) in [5.74, 6) is 1.18. The summed E-state index contributed by atoms with van der Waals surface area (Å²) in [5, 5.41) is 4.73. The van der Waals surface area contributed by atoms with Crippen molar-refractivity contribution in [2.24, 2.45) is 5.73 Å². The number of aromatic nitrogens is 2. The van der Waals surface area contributed by atoms with Crippen molar-refractivity contribution >= 4 is 5.82 Å². The first-order valence-electron chi connectivity index (χ1n) is 7.33. The molecule has 0 saturated carbocycles. The lowest BCUT2D eigenvalue weighted by molar-refractivity contribution is 0.705. The van der Waals surface area contributed by atoms with Crippen molar-refractivity contribution in [1.29, 1.82) is 0 Å². The van der Waals surface area contributed by atoms with E-state index in [4.69, 9.17) is 10.8 Å². The first-order chi connectivity index (χ1) is 9.72. The molecule has 3 rings (SSSR count). The number of hydrogen-bond donors (Lipinski definition) is 1. The van der Waals surface area contributed by atoms with Crippen LogP contribution in [0.1, 0.15) is 31.0 Å². The molecule has 0 bridgehead atoms. The van der Waals surface area contributed by atoms with Gasteiger partial charge in [0.25, 0.3) is 0 Å². The SMILES string of the molecule is Cc1nn(-c2ccccc2)c(N2CCCC2C)c1CN. The van der Waals surface area contributed by atoms with E-state index in [1.807, 2.05) is 25.1 Å². The van der Waals surface area contributed by atoms with E-state index >= 15 is 0 Å². The fraction of sp³-hybridized carbons (Fsp3) is 0.438. The van der Waals surface area contributed by atoms with Gasteiger partial charge < -0.3 is 10.6 Å². The van der Waals surface area contributed by atoms with Gasteiger partial charge in [-0.1, -0.05) is 18.2 Å². The second-order valence-electron chi connectivity index (χ2n) is 5.52. The van der Waals surface area contributed by atoms with Crippen LogP contribution in [0.25, 0.3) is 5.69 Å². The van der Waals surface area contributed by atoms with Crippen molar-refractivity contribution in [3.8, 4) is 5.69 Å². The molecule has 1 aromatic heterocycles. The van der Waals surface area contributed by atoms with Gasteiger partial charge in [0.15, 0.2) is 0 Å². The second-order valence-corrected chi connectivity index (χ2v) is 5.52. The molecule has 2 N–H and O–H groups in total. The van der Waals surface area contributed by atoms with Crippen LogP contribution in [0.5, 0.6) is 0 Å². The Morgan fingerprint density at radius 1 is 1.30 bits per heavy atom. The third-order valence-electron chi connectivity index (χ3n) is 4.19. The Morgan fingerprint density at radius 3 is 2.65 bits per heavy atom. The van der Waals surface area contributed by atoms with Crippen LogP contribution in [0.4, 0.5) is 5.82 Å². The van der Waals surface area contributed by atoms with Gasteiger partial charge >= 0.3 is 0 Å². The summed E-state index contributed by atoms with van der Waals surface area (Å²) >= 11 is 0. The van der Waals surface area contributed by atoms with Crippen LogP contribution in [0, 0.1) is 6.92 Å². The maximum absolute atomic E-state index is 5.98. The molecule has 106 valence electrons. The van der Waals surface area contributed by atoms with Gasteiger partial charge in [-0.15, -0.1) is 0 Å². The minimum atomic E-state index is 0.539. The highest BCUT2D eigenvalue weighted by atomic mass is 15.4. The van der Waals surface area contributed by atoms with Gasteiger partial charge in [-0.05, 0) is 38.8 Å². The van der Waals surface area contributed by atoms with Crippen LogP contribution in [-0.2, 0) is 6.54 Å². The molecule has 1 aromatic carbocycles. The predicted octanol–water partition coefficient (Wildman–Crippen LogP) is 2.63. The number of nitrogens with two attached hydrogens (primary N) is 1. The molecule has 1 fully saturated rings. The molecule has 2 heterocycles. The Balaban J connectivity index is 2.15. The van der Waals surface area contributed by atoms with E-state index in [0.29, 0.717) is 12.6 Å². The summed E-state index contributed by atoms with van der Waals surface area (Å²) in [4.78, 5) is 2.45. The molecular weight excluding hydrogens is 248 g/mol. The van der Waals surface area contributed by atoms with Crippen LogP contribution in [0.3, 0.4) is 0 Å². The van der Waals surface area contributed by atoms with Gasteiger partial charge in [0.1, 0.15) is 5.82 Å². The molecule has 0 radical (unpaired) electrons. The summed E-state index contributed by atoms with van der Waals surface area (Å²) < 4.78 is 2.05. The van der Waals surface area contributed by atoms with Gasteiger partial charge in [-0.3, -0.25) is 0 Å². The number of anilines is 1. The lowest BCUT2D eigenvalue weighted by Gasteiger charge is -2.25. The molecule has 1 atom stereocenters. The Bertz CT molecular complexity index is 588. The van der Waals surface area contributed by atoms with E-state index in [1.165, 1.54) is 24.2 Å². The quantitative estimate of drug-likeness (QED) is 0.932. The minimum Gasteiger partial charge on any atom is -0.354 e. The zero-order valence-electron chi connectivity index (χ0n) is 12.2. The molecule has 1 aliphatic rings. The number of aryl methyl sites for hydroxylation is 1. The number of para-hydroxylation sites is 1. The van der Waals surface area contributed by atoms with Gasteiger partial charge in [-0.2, -0.15) is 5.10 Å². The van der Waals surface area contributed by atoms with E-state index in [1.54, 1.807) is 0 Å². The fourth-order valence-electron chi connectivity index (χ4n) is 3.08. The van der Waals surface area contributed by atoms with Crippen molar-refractivity contribution in [3.63, 3.8) is 0 Å². The van der Waals surface area contributed by atoms with Crippen molar-refractivity contribution in [1.82, 2.24) is 9.78 Å². The molecule has 2 aromatic rings. The fourth-order valence-corrected chi connectivity index (χ4v) is 3.08. The van der Waals surface area contributed by atoms with E-state index in [-0.39, 0.29) is 0 Å². The lowest BCUT2D eigenvalue weighted by Crippen LogP contribution is -2.29. The predicted molar refractivity (Wildman–Crippen MR) is 82.2 cm³/mol. The molecule has 20 heavy (non-hydrogen) atoms. The second kappa shape index (κ2) is 5.29. The van der Waals surface area contributed by atoms with Crippen molar-refractivity contribution in [3.05, 3.63) is 41.6 Å². The highest BCUT2D eigenvalue weighted by Gasteiger charge is 2.27. The monoisotopic (exact) mass is 270 g/mol. The average molecular weight is 270 g/mol. The van der Waals surface area contributed by atoms with Crippen molar-refractivity contribution in [2.45, 2.75) is 39.3 Å². The molecule has 0 aliphatic carbocycles. The van der Waals surface area contributed by atoms with Gasteiger partial charge in [0, 0.05) is 24.7 Å². The average Bonchev–Trinajstić information content (AvgIpc) is 3.02. The summed E-state index contributed by atoms with van der Waals surface area (Å²) in [6.07, 6.45) is 2.48. The van der Waals surface area contributed by atoms with E-state index < -0.39 is 0 Å². The van der Waals surface area contributed by atoms with E-state index in [0.717, 1.165) is 17.9 Å². The molecule has 1 aliphatic heterocycles. The molecule has 1 unspecified atom stereocenters. The largest absolute Gasteiger partial charge is 0.354 e. The highest BCUT2D eigenvalue weighted by molar-refractivity contribution is 5.56. The third-order valence-corrected chi connectivity index (χ3v) is 4.19. The van der Waals surface area contributed by atoms with Crippen molar-refractivity contribution < 1.29 is 0 Å². The molecular formula is C16H22N4. The van der Waals surface area contributed by atoms with Crippen LogP contribution < -0.4 is 10.6 Å². The van der Waals surface area contributed by atoms with Crippen LogP contribution in [0.2, 0.25) is 0 Å². The highest BCUT2D eigenvalue weighted by Crippen LogP contribution is 2.32. The smallest absolute Gasteiger partial charge is 0.137 e. The minimum absolute atomic E-state index is 0.539. The Morgan fingerprint density at radius 2 is 2.05 bits per heavy atom. The Kier molecular flexibility index (Phi) is 3.49. The van der Waals surface area contributed by atoms with Crippen LogP contribution in [0.15, 0.2) is 30.3 Å². The molecule has 4 nitrogen and oxygen atoms in total. The Labute approximate surface area is 120 Å². The standard InChI is InChI=1S/C16H22N4/c1-12-7-6-10-19(12)16-15(11-17)13(2)18-20(16)14-8-4-3-5-9-14/h3-5,8-9,12H,6-7,10-11,17H2,1-2H3. The summed E-state index contributed by atoms with van der Waals surface area (Å²) in [6, 6.07) is 10.9. The first kappa shape index (κ1) is 13.2. The Hall–Kier alpha value is -1.81. The number of rotatable bonds is 3. The van der Waals surface area contributed by atoms with Gasteiger partial charge in [0.2, 0.25) is 0 Å². The number of benzene rings is 1. The maximum Gasteiger partial charge on any atom is 0.137 e. The topological polar surface area (TPSA) is 47.1 Å². The normalized spacial score (nSPS) is 18.8. The summed E-state index contributed by atoms with van der Waals surface area (Å²) in [6.45, 7) is 5.96. The third kappa shape index (κ3) is 2.10. The zero-order chi connectivity index (χ0) is 14.1. The summed E-state index contributed by atoms with van der Waals surface area (Å²) in [7, 11) is 0. The van der Waals surface area contributed by atoms with Gasteiger partial charge in [0.05, 0.1) is 11.4 Å². The molecule has 4 heteroatoms. The van der Waals surface area contributed by atoms with Crippen molar-refractivity contribution in [2.75, 3.05) is 11.4 Å². The molecule has 0 amide bonds. The lowest BCUT2D eigenvalue weighted by atomic mass is 10.2. The van der Waals surface area contributed by atoms with Crippen LogP contribution in [-0.4, -0.2) is 22.4 Å².